The Morgan fingerprint density at radius 1 is 0.933 bits per heavy atom. The quantitative estimate of drug-likeness (QED) is 0.152. The number of nitrogens with two attached hydrogens (primary N) is 1. The van der Waals surface area contributed by atoms with Crippen LogP contribution in [0.1, 0.15) is 13.8 Å². The van der Waals surface area contributed by atoms with Crippen LogP contribution >= 0.6 is 31.9 Å². The van der Waals surface area contributed by atoms with Gasteiger partial charge in [-0.1, -0.05) is 31.9 Å². The number of nitrogen functional groups attached to an aromatic ring is 1. The third-order valence-corrected chi connectivity index (χ3v) is 4.69. The Morgan fingerprint density at radius 2 is 1.43 bits per heavy atom. The highest BCUT2D eigenvalue weighted by Gasteiger charge is 2.12. The van der Waals surface area contributed by atoms with Crippen molar-refractivity contribution >= 4 is 54.6 Å². The van der Waals surface area contributed by atoms with Crippen molar-refractivity contribution in [3.8, 4) is 0 Å². The summed E-state index contributed by atoms with van der Waals surface area (Å²) in [6, 6.07) is 10.5. The second kappa shape index (κ2) is 15.0. The van der Waals surface area contributed by atoms with Crippen LogP contribution in [0, 0.1) is 10.1 Å². The summed E-state index contributed by atoms with van der Waals surface area (Å²) in [5.41, 5.74) is 8.05. The molecule has 0 aliphatic carbocycles. The molecule has 166 valence electrons. The minimum Gasteiger partial charge on any atom is -0.397 e. The minimum atomic E-state index is -0.407. The molecule has 0 unspecified atom stereocenters. The summed E-state index contributed by atoms with van der Waals surface area (Å²) in [6.45, 7) is 7.81. The van der Waals surface area contributed by atoms with Gasteiger partial charge >= 0.3 is 0 Å². The fourth-order valence-corrected chi connectivity index (χ4v) is 3.02. The van der Waals surface area contributed by atoms with Gasteiger partial charge in [0.15, 0.2) is 0 Å². The van der Waals surface area contributed by atoms with Crippen LogP contribution in [0.3, 0.4) is 0 Å². The lowest BCUT2D eigenvalue weighted by molar-refractivity contribution is -0.384. The molecule has 0 spiro atoms. The zero-order chi connectivity index (χ0) is 22.4. The maximum Gasteiger partial charge on any atom is 0.292 e. The Labute approximate surface area is 193 Å². The normalized spacial score (nSPS) is 10.1. The van der Waals surface area contributed by atoms with Crippen molar-refractivity contribution in [2.75, 3.05) is 55.9 Å². The molecular formula is C20H28Br2N4O4. The topological polar surface area (TPSA) is 112 Å². The standard InChI is InChI=1S/C10H13BrN2O3.C10H15BrN2O/c1-2-16-6-5-12-9-7-8(11)3-4-10(9)13(14)15;1-2-14-6-5-13-10-7-8(11)3-4-9(10)12/h3-4,7,12H,2,5-6H2,1H3;3-4,7,13H,2,5-6,12H2,1H3. The smallest absolute Gasteiger partial charge is 0.292 e. The third-order valence-electron chi connectivity index (χ3n) is 3.70. The number of nitrogens with zero attached hydrogens (tertiary/aromatic N) is 1. The van der Waals surface area contributed by atoms with E-state index in [0.29, 0.717) is 32.1 Å². The minimum absolute atomic E-state index is 0.0692. The van der Waals surface area contributed by atoms with Crippen molar-refractivity contribution in [3.05, 3.63) is 55.5 Å². The van der Waals surface area contributed by atoms with Gasteiger partial charge < -0.3 is 25.8 Å². The average Bonchev–Trinajstić information content (AvgIpc) is 2.71. The fourth-order valence-electron chi connectivity index (χ4n) is 2.30. The molecule has 10 heteroatoms. The van der Waals surface area contributed by atoms with Gasteiger partial charge in [-0.3, -0.25) is 10.1 Å². The van der Waals surface area contributed by atoms with Crippen molar-refractivity contribution in [3.63, 3.8) is 0 Å². The van der Waals surface area contributed by atoms with Crippen LogP contribution in [0.15, 0.2) is 45.3 Å². The molecule has 0 amide bonds. The average molecular weight is 548 g/mol. The molecule has 0 saturated heterocycles. The predicted octanol–water partition coefficient (Wildman–Crippen LogP) is 5.29. The number of halogens is 2. The van der Waals surface area contributed by atoms with E-state index in [1.54, 1.807) is 12.1 Å². The first-order chi connectivity index (χ1) is 14.4. The Kier molecular flexibility index (Phi) is 13.1. The number of nitro groups is 1. The molecule has 0 heterocycles. The Morgan fingerprint density at radius 3 is 1.97 bits per heavy atom. The molecule has 2 aromatic carbocycles. The van der Waals surface area contributed by atoms with Gasteiger partial charge in [-0.25, -0.2) is 0 Å². The van der Waals surface area contributed by atoms with E-state index in [1.165, 1.54) is 6.07 Å². The van der Waals surface area contributed by atoms with Gasteiger partial charge in [0.2, 0.25) is 0 Å². The van der Waals surface area contributed by atoms with E-state index in [-0.39, 0.29) is 5.69 Å². The van der Waals surface area contributed by atoms with Crippen LogP contribution in [0.4, 0.5) is 22.7 Å². The maximum atomic E-state index is 10.7. The lowest BCUT2D eigenvalue weighted by atomic mass is 10.2. The van der Waals surface area contributed by atoms with E-state index in [0.717, 1.165) is 33.5 Å². The number of anilines is 3. The number of benzene rings is 2. The summed E-state index contributed by atoms with van der Waals surface area (Å²) < 4.78 is 12.2. The monoisotopic (exact) mass is 546 g/mol. The first-order valence-corrected chi connectivity index (χ1v) is 11.1. The fraction of sp³-hybridized carbons (Fsp3) is 0.400. The summed E-state index contributed by atoms with van der Waals surface area (Å²) in [4.78, 5) is 10.3. The van der Waals surface area contributed by atoms with Crippen LogP contribution < -0.4 is 16.4 Å². The van der Waals surface area contributed by atoms with Crippen LogP contribution in [0.2, 0.25) is 0 Å². The molecule has 2 rings (SSSR count). The second-order valence-corrected chi connectivity index (χ2v) is 7.73. The van der Waals surface area contributed by atoms with Gasteiger partial charge in [0.1, 0.15) is 5.69 Å². The first kappa shape index (κ1) is 26.2. The number of hydrogen-bond acceptors (Lipinski definition) is 7. The van der Waals surface area contributed by atoms with Gasteiger partial charge in [-0.2, -0.15) is 0 Å². The molecule has 0 aliphatic heterocycles. The lowest BCUT2D eigenvalue weighted by Crippen LogP contribution is -2.10. The van der Waals surface area contributed by atoms with E-state index in [9.17, 15) is 10.1 Å². The zero-order valence-corrected chi connectivity index (χ0v) is 20.3. The highest BCUT2D eigenvalue weighted by atomic mass is 79.9. The van der Waals surface area contributed by atoms with Crippen molar-refractivity contribution in [2.45, 2.75) is 13.8 Å². The number of rotatable bonds is 11. The molecular weight excluding hydrogens is 520 g/mol. The summed E-state index contributed by atoms with van der Waals surface area (Å²) in [5, 5.41) is 16.9. The van der Waals surface area contributed by atoms with Crippen LogP contribution in [0.5, 0.6) is 0 Å². The molecule has 0 saturated carbocycles. The molecule has 2 aromatic rings. The molecule has 30 heavy (non-hydrogen) atoms. The molecule has 4 N–H and O–H groups in total. The molecule has 0 aromatic heterocycles. The Hall–Kier alpha value is -1.88. The molecule has 0 atom stereocenters. The second-order valence-electron chi connectivity index (χ2n) is 5.90. The third kappa shape index (κ3) is 10.2. The van der Waals surface area contributed by atoms with Gasteiger partial charge in [0, 0.05) is 41.3 Å². The van der Waals surface area contributed by atoms with E-state index in [2.05, 4.69) is 42.5 Å². The molecule has 0 fully saturated rings. The van der Waals surface area contributed by atoms with Gasteiger partial charge in [0.05, 0.1) is 29.5 Å². The summed E-state index contributed by atoms with van der Waals surface area (Å²) >= 11 is 6.67. The zero-order valence-electron chi connectivity index (χ0n) is 17.1. The first-order valence-electron chi connectivity index (χ1n) is 9.51. The van der Waals surface area contributed by atoms with E-state index in [4.69, 9.17) is 15.2 Å². The Balaban J connectivity index is 0.000000303. The molecule has 0 bridgehead atoms. The van der Waals surface area contributed by atoms with Gasteiger partial charge in [0.25, 0.3) is 5.69 Å². The summed E-state index contributed by atoms with van der Waals surface area (Å²) in [6.07, 6.45) is 0. The number of hydrogen-bond donors (Lipinski definition) is 3. The summed E-state index contributed by atoms with van der Waals surface area (Å²) in [7, 11) is 0. The lowest BCUT2D eigenvalue weighted by Gasteiger charge is -2.09. The van der Waals surface area contributed by atoms with E-state index < -0.39 is 4.92 Å². The Bertz CT molecular complexity index is 793. The molecule has 8 nitrogen and oxygen atoms in total. The highest BCUT2D eigenvalue weighted by Crippen LogP contribution is 2.27. The van der Waals surface area contributed by atoms with Crippen LogP contribution in [-0.2, 0) is 9.47 Å². The van der Waals surface area contributed by atoms with Crippen molar-refractivity contribution in [2.24, 2.45) is 0 Å². The van der Waals surface area contributed by atoms with E-state index in [1.807, 2.05) is 32.0 Å². The number of nitro benzene ring substituents is 1. The van der Waals surface area contributed by atoms with Crippen molar-refractivity contribution in [1.29, 1.82) is 0 Å². The number of ether oxygens (including phenoxy) is 2. The van der Waals surface area contributed by atoms with Gasteiger partial charge in [-0.15, -0.1) is 0 Å². The number of nitrogens with one attached hydrogen (secondary N) is 2. The highest BCUT2D eigenvalue weighted by molar-refractivity contribution is 9.10. The van der Waals surface area contributed by atoms with Crippen LogP contribution in [-0.4, -0.2) is 44.4 Å². The van der Waals surface area contributed by atoms with Crippen LogP contribution in [0.25, 0.3) is 0 Å². The largest absolute Gasteiger partial charge is 0.397 e. The van der Waals surface area contributed by atoms with Crippen molar-refractivity contribution in [1.82, 2.24) is 0 Å². The van der Waals surface area contributed by atoms with Gasteiger partial charge in [-0.05, 0) is 44.2 Å². The maximum absolute atomic E-state index is 10.7. The predicted molar refractivity (Wildman–Crippen MR) is 129 cm³/mol. The van der Waals surface area contributed by atoms with E-state index >= 15 is 0 Å². The van der Waals surface area contributed by atoms with Crippen molar-refractivity contribution < 1.29 is 14.4 Å². The SMILES string of the molecule is CCOCCNc1cc(Br)ccc1N.CCOCCNc1cc(Br)ccc1[N+](=O)[O-]. The molecule has 0 aliphatic rings. The summed E-state index contributed by atoms with van der Waals surface area (Å²) in [5.74, 6) is 0. The molecule has 0 radical (unpaired) electrons.